The zero-order chi connectivity index (χ0) is 22.0. The molecule has 0 saturated heterocycles. The fraction of sp³-hybridized carbons (Fsp3) is 0.750. The molecule has 0 aliphatic carbocycles. The molecule has 0 bridgehead atoms. The number of hydrogen-bond donors (Lipinski definition) is 0. The lowest BCUT2D eigenvalue weighted by Gasteiger charge is -2.12. The van der Waals surface area contributed by atoms with Crippen molar-refractivity contribution >= 4 is 5.69 Å². The van der Waals surface area contributed by atoms with Gasteiger partial charge in [-0.05, 0) is 6.42 Å². The van der Waals surface area contributed by atoms with E-state index in [1.54, 1.807) is 0 Å². The number of nitro benzene ring substituents is 1. The molecule has 0 atom stereocenters. The lowest BCUT2D eigenvalue weighted by atomic mass is 10.0. The van der Waals surface area contributed by atoms with Gasteiger partial charge < -0.3 is 14.2 Å². The number of rotatable bonds is 19. The second-order valence-electron chi connectivity index (χ2n) is 7.88. The molecule has 0 fully saturated rings. The summed E-state index contributed by atoms with van der Waals surface area (Å²) in [5.41, 5.74) is -0.127. The van der Waals surface area contributed by atoms with Gasteiger partial charge in [-0.2, -0.15) is 0 Å². The van der Waals surface area contributed by atoms with E-state index in [2.05, 4.69) is 6.92 Å². The molecule has 30 heavy (non-hydrogen) atoms. The molecule has 1 rings (SSSR count). The maximum atomic E-state index is 11.1. The zero-order valence-electron chi connectivity index (χ0n) is 19.2. The van der Waals surface area contributed by atoms with E-state index in [0.29, 0.717) is 18.1 Å². The van der Waals surface area contributed by atoms with Crippen molar-refractivity contribution in [3.8, 4) is 17.2 Å². The minimum atomic E-state index is -0.487. The molecule has 0 amide bonds. The van der Waals surface area contributed by atoms with Crippen LogP contribution < -0.4 is 14.2 Å². The van der Waals surface area contributed by atoms with Crippen molar-refractivity contribution in [2.75, 3.05) is 20.8 Å². The highest BCUT2D eigenvalue weighted by molar-refractivity contribution is 5.58. The molecule has 0 saturated carbocycles. The van der Waals surface area contributed by atoms with Crippen molar-refractivity contribution in [1.82, 2.24) is 0 Å². The second kappa shape index (κ2) is 16.8. The minimum absolute atomic E-state index is 0.127. The van der Waals surface area contributed by atoms with Crippen molar-refractivity contribution < 1.29 is 19.1 Å². The van der Waals surface area contributed by atoms with Crippen molar-refractivity contribution in [2.45, 2.75) is 96.8 Å². The van der Waals surface area contributed by atoms with Crippen LogP contribution in [-0.4, -0.2) is 25.7 Å². The van der Waals surface area contributed by atoms with Crippen LogP contribution in [0.15, 0.2) is 12.1 Å². The third-order valence-corrected chi connectivity index (χ3v) is 5.42. The van der Waals surface area contributed by atoms with Crippen LogP contribution in [0.2, 0.25) is 0 Å². The van der Waals surface area contributed by atoms with E-state index in [4.69, 9.17) is 14.2 Å². The lowest BCUT2D eigenvalue weighted by molar-refractivity contribution is -0.385. The highest BCUT2D eigenvalue weighted by atomic mass is 16.6. The topological polar surface area (TPSA) is 70.8 Å². The molecule has 0 radical (unpaired) electrons. The Morgan fingerprint density at radius 3 is 1.60 bits per heavy atom. The van der Waals surface area contributed by atoms with Gasteiger partial charge in [-0.15, -0.1) is 0 Å². The van der Waals surface area contributed by atoms with Gasteiger partial charge in [0.2, 0.25) is 5.75 Å². The molecule has 6 heteroatoms. The number of ether oxygens (including phenoxy) is 3. The predicted molar refractivity (Wildman–Crippen MR) is 122 cm³/mol. The van der Waals surface area contributed by atoms with E-state index in [-0.39, 0.29) is 11.4 Å². The van der Waals surface area contributed by atoms with Crippen LogP contribution >= 0.6 is 0 Å². The summed E-state index contributed by atoms with van der Waals surface area (Å²) in [6, 6.07) is 2.88. The Bertz CT molecular complexity index is 591. The lowest BCUT2D eigenvalue weighted by Crippen LogP contribution is -2.02. The summed E-state index contributed by atoms with van der Waals surface area (Å²) in [7, 11) is 2.89. The van der Waals surface area contributed by atoms with Crippen LogP contribution in [0.5, 0.6) is 17.2 Å². The van der Waals surface area contributed by atoms with E-state index in [1.807, 2.05) is 0 Å². The quantitative estimate of drug-likeness (QED) is 0.131. The maximum Gasteiger partial charge on any atom is 0.314 e. The fourth-order valence-corrected chi connectivity index (χ4v) is 3.59. The minimum Gasteiger partial charge on any atom is -0.493 e. The van der Waals surface area contributed by atoms with Gasteiger partial charge in [0.25, 0.3) is 0 Å². The first-order chi connectivity index (χ1) is 14.6. The van der Waals surface area contributed by atoms with E-state index < -0.39 is 4.92 Å². The summed E-state index contributed by atoms with van der Waals surface area (Å²) in [5.74, 6) is 1.01. The number of unbranched alkanes of at least 4 members (excludes halogenated alkanes) is 13. The Kier molecular flexibility index (Phi) is 14.6. The molecule has 0 unspecified atom stereocenters. The Morgan fingerprint density at radius 1 is 0.700 bits per heavy atom. The Morgan fingerprint density at radius 2 is 1.17 bits per heavy atom. The van der Waals surface area contributed by atoms with Crippen LogP contribution in [0.4, 0.5) is 5.69 Å². The van der Waals surface area contributed by atoms with Crippen LogP contribution in [-0.2, 0) is 0 Å². The van der Waals surface area contributed by atoms with E-state index in [0.717, 1.165) is 12.8 Å². The van der Waals surface area contributed by atoms with Crippen molar-refractivity contribution in [1.29, 1.82) is 0 Å². The van der Waals surface area contributed by atoms with Crippen molar-refractivity contribution in [3.05, 3.63) is 22.2 Å². The van der Waals surface area contributed by atoms with Crippen LogP contribution in [0.3, 0.4) is 0 Å². The molecule has 0 aliphatic heterocycles. The third kappa shape index (κ3) is 10.7. The Labute approximate surface area is 182 Å². The standard InChI is InChI=1S/C24H41NO5/c1-4-5-6-7-8-9-10-11-12-13-14-15-16-17-18-30-24-20-22(28-2)21(25(26)27)19-23(24)29-3/h19-20H,4-18H2,1-3H3. The van der Waals surface area contributed by atoms with Crippen molar-refractivity contribution in [2.24, 2.45) is 0 Å². The smallest absolute Gasteiger partial charge is 0.314 e. The molecule has 1 aromatic carbocycles. The molecule has 6 nitrogen and oxygen atoms in total. The first-order valence-electron chi connectivity index (χ1n) is 11.7. The highest BCUT2D eigenvalue weighted by Gasteiger charge is 2.20. The summed E-state index contributed by atoms with van der Waals surface area (Å²) in [6.07, 6.45) is 18.4. The van der Waals surface area contributed by atoms with Crippen LogP contribution in [0.1, 0.15) is 96.8 Å². The van der Waals surface area contributed by atoms with Crippen molar-refractivity contribution in [3.63, 3.8) is 0 Å². The summed E-state index contributed by atoms with van der Waals surface area (Å²) in [5, 5.41) is 11.1. The fourth-order valence-electron chi connectivity index (χ4n) is 3.59. The summed E-state index contributed by atoms with van der Waals surface area (Å²) < 4.78 is 16.1. The molecule has 1 aromatic rings. The summed E-state index contributed by atoms with van der Waals surface area (Å²) in [4.78, 5) is 10.6. The number of nitro groups is 1. The number of hydrogen-bond acceptors (Lipinski definition) is 5. The highest BCUT2D eigenvalue weighted by Crippen LogP contribution is 2.39. The summed E-state index contributed by atoms with van der Waals surface area (Å²) in [6.45, 7) is 2.83. The van der Waals surface area contributed by atoms with Gasteiger partial charge >= 0.3 is 5.69 Å². The van der Waals surface area contributed by atoms with Gasteiger partial charge in [0.15, 0.2) is 11.5 Å². The Hall–Kier alpha value is -1.98. The average Bonchev–Trinajstić information content (AvgIpc) is 2.75. The average molecular weight is 424 g/mol. The van der Waals surface area contributed by atoms with E-state index in [1.165, 1.54) is 103 Å². The first-order valence-corrected chi connectivity index (χ1v) is 11.7. The third-order valence-electron chi connectivity index (χ3n) is 5.42. The number of methoxy groups -OCH3 is 2. The van der Waals surface area contributed by atoms with Gasteiger partial charge in [0, 0.05) is 6.07 Å². The zero-order valence-corrected chi connectivity index (χ0v) is 19.2. The normalized spacial score (nSPS) is 10.8. The SMILES string of the molecule is CCCCCCCCCCCCCCCCOc1cc(OC)c([N+](=O)[O-])cc1OC. The van der Waals surface area contributed by atoms with Crippen LogP contribution in [0.25, 0.3) is 0 Å². The van der Waals surface area contributed by atoms with Gasteiger partial charge in [-0.25, -0.2) is 0 Å². The molecule has 172 valence electrons. The first kappa shape index (κ1) is 26.1. The molecule has 0 N–H and O–H groups in total. The largest absolute Gasteiger partial charge is 0.493 e. The van der Waals surface area contributed by atoms with E-state index in [9.17, 15) is 10.1 Å². The second-order valence-corrected chi connectivity index (χ2v) is 7.88. The molecular weight excluding hydrogens is 382 g/mol. The van der Waals surface area contributed by atoms with Gasteiger partial charge in [-0.3, -0.25) is 10.1 Å². The molecule has 0 aliphatic rings. The van der Waals surface area contributed by atoms with Gasteiger partial charge in [0.05, 0.1) is 31.8 Å². The molecule has 0 spiro atoms. The monoisotopic (exact) mass is 423 g/mol. The molecule has 0 heterocycles. The van der Waals surface area contributed by atoms with Gasteiger partial charge in [-0.1, -0.05) is 90.4 Å². The number of benzene rings is 1. The molecule has 0 aromatic heterocycles. The molecular formula is C24H41NO5. The van der Waals surface area contributed by atoms with Crippen LogP contribution in [0, 0.1) is 10.1 Å². The Balaban J connectivity index is 2.10. The summed E-state index contributed by atoms with van der Waals surface area (Å²) >= 11 is 0. The maximum absolute atomic E-state index is 11.1. The number of nitrogens with zero attached hydrogens (tertiary/aromatic N) is 1. The predicted octanol–water partition coefficient (Wildman–Crippen LogP) is 7.47. The van der Waals surface area contributed by atoms with E-state index >= 15 is 0 Å². The van der Waals surface area contributed by atoms with Gasteiger partial charge in [0.1, 0.15) is 0 Å².